The van der Waals surface area contributed by atoms with Gasteiger partial charge in [0, 0.05) is 13.0 Å². The number of amides is 1. The Morgan fingerprint density at radius 3 is 2.59 bits per heavy atom. The summed E-state index contributed by atoms with van der Waals surface area (Å²) < 4.78 is 24.0. The fourth-order valence-corrected chi connectivity index (χ4v) is 3.03. The second kappa shape index (κ2) is 9.61. The molecule has 0 bridgehead atoms. The molecule has 0 spiro atoms. The Bertz CT molecular complexity index is 1060. The van der Waals surface area contributed by atoms with E-state index in [0.29, 0.717) is 30.9 Å². The van der Waals surface area contributed by atoms with Gasteiger partial charge in [-0.2, -0.15) is 0 Å². The predicted octanol–water partition coefficient (Wildman–Crippen LogP) is 4.25. The fourth-order valence-electron chi connectivity index (χ4n) is 3.03. The Morgan fingerprint density at radius 1 is 1.03 bits per heavy atom. The SMILES string of the molecule is C#CCOc1ccc(CCC(=O)NCc2ccc3cc(F)ccc3c2)cc1OC. The summed E-state index contributed by atoms with van der Waals surface area (Å²) in [5.74, 6) is 3.28. The molecule has 148 valence electrons. The summed E-state index contributed by atoms with van der Waals surface area (Å²) in [6.45, 7) is 0.593. The number of methoxy groups -OCH3 is 1. The molecule has 3 rings (SSSR count). The number of rotatable bonds is 8. The lowest BCUT2D eigenvalue weighted by Crippen LogP contribution is -2.23. The van der Waals surface area contributed by atoms with Crippen molar-refractivity contribution in [1.29, 1.82) is 0 Å². The number of fused-ring (bicyclic) bond motifs is 1. The van der Waals surface area contributed by atoms with E-state index in [4.69, 9.17) is 15.9 Å². The van der Waals surface area contributed by atoms with E-state index in [2.05, 4.69) is 11.2 Å². The van der Waals surface area contributed by atoms with E-state index in [1.807, 2.05) is 30.3 Å². The first-order valence-electron chi connectivity index (χ1n) is 9.27. The summed E-state index contributed by atoms with van der Waals surface area (Å²) in [7, 11) is 1.56. The quantitative estimate of drug-likeness (QED) is 0.584. The maximum absolute atomic E-state index is 13.3. The maximum atomic E-state index is 13.3. The van der Waals surface area contributed by atoms with Crippen LogP contribution in [0.2, 0.25) is 0 Å². The van der Waals surface area contributed by atoms with Crippen molar-refractivity contribution in [1.82, 2.24) is 5.32 Å². The highest BCUT2D eigenvalue weighted by molar-refractivity contribution is 5.83. The Kier molecular flexibility index (Phi) is 6.70. The van der Waals surface area contributed by atoms with Crippen LogP contribution in [0, 0.1) is 18.2 Å². The number of carbonyl (C=O) groups excluding carboxylic acids is 1. The molecule has 0 aliphatic carbocycles. The number of halogens is 1. The van der Waals surface area contributed by atoms with Crippen LogP contribution in [0.15, 0.2) is 54.6 Å². The first-order chi connectivity index (χ1) is 14.1. The van der Waals surface area contributed by atoms with Gasteiger partial charge in [0.1, 0.15) is 12.4 Å². The third-order valence-electron chi connectivity index (χ3n) is 4.54. The Hall–Kier alpha value is -3.52. The molecule has 0 radical (unpaired) electrons. The van der Waals surface area contributed by atoms with E-state index in [1.165, 1.54) is 12.1 Å². The molecule has 3 aromatic carbocycles. The lowest BCUT2D eigenvalue weighted by molar-refractivity contribution is -0.121. The number of terminal acetylenes is 1. The Balaban J connectivity index is 1.53. The minimum Gasteiger partial charge on any atom is -0.493 e. The van der Waals surface area contributed by atoms with E-state index >= 15 is 0 Å². The highest BCUT2D eigenvalue weighted by atomic mass is 19.1. The van der Waals surface area contributed by atoms with Crippen molar-refractivity contribution in [3.8, 4) is 23.8 Å². The molecule has 5 heteroatoms. The number of aryl methyl sites for hydroxylation is 1. The normalized spacial score (nSPS) is 10.4. The van der Waals surface area contributed by atoms with Crippen LogP contribution in [-0.2, 0) is 17.8 Å². The summed E-state index contributed by atoms with van der Waals surface area (Å²) >= 11 is 0. The summed E-state index contributed by atoms with van der Waals surface area (Å²) in [4.78, 5) is 12.2. The van der Waals surface area contributed by atoms with Crippen molar-refractivity contribution in [2.24, 2.45) is 0 Å². The van der Waals surface area contributed by atoms with Gasteiger partial charge in [-0.3, -0.25) is 4.79 Å². The molecule has 0 atom stereocenters. The number of hydrogen-bond acceptors (Lipinski definition) is 3. The third-order valence-corrected chi connectivity index (χ3v) is 4.54. The van der Waals surface area contributed by atoms with Crippen LogP contribution >= 0.6 is 0 Å². The molecule has 1 amide bonds. The fraction of sp³-hybridized carbons (Fsp3) is 0.208. The molecule has 0 aliphatic heterocycles. The van der Waals surface area contributed by atoms with Gasteiger partial charge in [0.25, 0.3) is 0 Å². The van der Waals surface area contributed by atoms with E-state index in [-0.39, 0.29) is 18.3 Å². The smallest absolute Gasteiger partial charge is 0.220 e. The van der Waals surface area contributed by atoms with Crippen molar-refractivity contribution in [3.05, 3.63) is 71.5 Å². The van der Waals surface area contributed by atoms with Crippen LogP contribution in [0.5, 0.6) is 11.5 Å². The second-order valence-corrected chi connectivity index (χ2v) is 6.58. The molecular formula is C24H22FNO3. The molecule has 0 aromatic heterocycles. The highest BCUT2D eigenvalue weighted by Gasteiger charge is 2.08. The van der Waals surface area contributed by atoms with Gasteiger partial charge in [-0.15, -0.1) is 6.42 Å². The molecule has 0 saturated carbocycles. The topological polar surface area (TPSA) is 47.6 Å². The average molecular weight is 391 g/mol. The zero-order valence-corrected chi connectivity index (χ0v) is 16.2. The third kappa shape index (κ3) is 5.49. The average Bonchev–Trinajstić information content (AvgIpc) is 2.74. The molecule has 3 aromatic rings. The van der Waals surface area contributed by atoms with Crippen molar-refractivity contribution < 1.29 is 18.7 Å². The van der Waals surface area contributed by atoms with Gasteiger partial charge in [-0.05, 0) is 58.7 Å². The lowest BCUT2D eigenvalue weighted by atomic mass is 10.1. The van der Waals surface area contributed by atoms with Crippen molar-refractivity contribution in [2.45, 2.75) is 19.4 Å². The molecule has 0 unspecified atom stereocenters. The molecule has 0 aliphatic rings. The predicted molar refractivity (Wildman–Crippen MR) is 111 cm³/mol. The summed E-state index contributed by atoms with van der Waals surface area (Å²) in [6.07, 6.45) is 6.14. The van der Waals surface area contributed by atoms with Crippen LogP contribution in [0.1, 0.15) is 17.5 Å². The molecule has 0 heterocycles. The minimum absolute atomic E-state index is 0.0455. The Labute approximate surface area is 169 Å². The number of ether oxygens (including phenoxy) is 2. The van der Waals surface area contributed by atoms with E-state index in [0.717, 1.165) is 21.9 Å². The standard InChI is InChI=1S/C24H22FNO3/c1-3-12-29-22-10-5-17(14-23(22)28-2)6-11-24(27)26-16-18-4-7-20-15-21(25)9-8-19(20)13-18/h1,4-5,7-10,13-15H,6,11-12,16H2,2H3,(H,26,27). The van der Waals surface area contributed by atoms with Crippen molar-refractivity contribution in [2.75, 3.05) is 13.7 Å². The van der Waals surface area contributed by atoms with Crippen molar-refractivity contribution >= 4 is 16.7 Å². The van der Waals surface area contributed by atoms with Crippen LogP contribution in [0.4, 0.5) is 4.39 Å². The van der Waals surface area contributed by atoms with Gasteiger partial charge in [-0.1, -0.05) is 30.2 Å². The molecule has 4 nitrogen and oxygen atoms in total. The van der Waals surface area contributed by atoms with Crippen LogP contribution in [0.3, 0.4) is 0 Å². The first-order valence-corrected chi connectivity index (χ1v) is 9.27. The lowest BCUT2D eigenvalue weighted by Gasteiger charge is -2.11. The largest absolute Gasteiger partial charge is 0.493 e. The van der Waals surface area contributed by atoms with E-state index in [1.54, 1.807) is 19.2 Å². The zero-order chi connectivity index (χ0) is 20.6. The summed E-state index contributed by atoms with van der Waals surface area (Å²) in [5.41, 5.74) is 1.94. The first kappa shape index (κ1) is 20.2. The van der Waals surface area contributed by atoms with Gasteiger partial charge in [0.15, 0.2) is 11.5 Å². The van der Waals surface area contributed by atoms with Crippen molar-refractivity contribution in [3.63, 3.8) is 0 Å². The Morgan fingerprint density at radius 2 is 1.79 bits per heavy atom. The zero-order valence-electron chi connectivity index (χ0n) is 16.2. The number of benzene rings is 3. The number of hydrogen-bond donors (Lipinski definition) is 1. The number of nitrogens with one attached hydrogen (secondary N) is 1. The highest BCUT2D eigenvalue weighted by Crippen LogP contribution is 2.28. The number of carbonyl (C=O) groups is 1. The van der Waals surface area contributed by atoms with Gasteiger partial charge in [-0.25, -0.2) is 4.39 Å². The van der Waals surface area contributed by atoms with Crippen LogP contribution < -0.4 is 14.8 Å². The monoisotopic (exact) mass is 391 g/mol. The van der Waals surface area contributed by atoms with E-state index < -0.39 is 0 Å². The minimum atomic E-state index is -0.258. The van der Waals surface area contributed by atoms with Gasteiger partial charge < -0.3 is 14.8 Å². The molecule has 29 heavy (non-hydrogen) atoms. The molecule has 1 N–H and O–H groups in total. The molecule has 0 saturated heterocycles. The van der Waals surface area contributed by atoms with Gasteiger partial charge in [0.2, 0.25) is 5.91 Å². The van der Waals surface area contributed by atoms with Crippen LogP contribution in [0.25, 0.3) is 10.8 Å². The molecular weight excluding hydrogens is 369 g/mol. The second-order valence-electron chi connectivity index (χ2n) is 6.58. The van der Waals surface area contributed by atoms with E-state index in [9.17, 15) is 9.18 Å². The summed E-state index contributed by atoms with van der Waals surface area (Å²) in [6, 6.07) is 15.9. The van der Waals surface area contributed by atoms with Gasteiger partial charge >= 0.3 is 0 Å². The molecule has 0 fully saturated rings. The summed E-state index contributed by atoms with van der Waals surface area (Å²) in [5, 5.41) is 4.70. The van der Waals surface area contributed by atoms with Gasteiger partial charge in [0.05, 0.1) is 7.11 Å². The van der Waals surface area contributed by atoms with Crippen LogP contribution in [-0.4, -0.2) is 19.6 Å². The maximum Gasteiger partial charge on any atom is 0.220 e.